The fourth-order valence-electron chi connectivity index (χ4n) is 2.79. The van der Waals surface area contributed by atoms with Crippen molar-refractivity contribution in [1.82, 2.24) is 0 Å². The third-order valence-corrected chi connectivity index (χ3v) is 4.04. The molecule has 0 N–H and O–H groups in total. The monoisotopic (exact) mass is 314 g/mol. The van der Waals surface area contributed by atoms with Crippen molar-refractivity contribution in [3.05, 3.63) is 59.7 Å². The molecular weight excluding hydrogens is 292 g/mol. The summed E-state index contributed by atoms with van der Waals surface area (Å²) in [6.45, 7) is 0.531. The first-order valence-electron chi connectivity index (χ1n) is 7.83. The van der Waals surface area contributed by atoms with E-state index in [4.69, 9.17) is 18.9 Å². The average molecular weight is 314 g/mol. The Morgan fingerprint density at radius 2 is 1.87 bits per heavy atom. The summed E-state index contributed by atoms with van der Waals surface area (Å²) in [6.07, 6.45) is 1.47. The first kappa shape index (κ1) is 15.8. The van der Waals surface area contributed by atoms with Crippen molar-refractivity contribution in [3.63, 3.8) is 0 Å². The summed E-state index contributed by atoms with van der Waals surface area (Å²) >= 11 is 0. The Hall–Kier alpha value is -2.04. The summed E-state index contributed by atoms with van der Waals surface area (Å²) in [5.74, 6) is 1.58. The average Bonchev–Trinajstić information content (AvgIpc) is 3.09. The molecule has 1 fully saturated rings. The maximum Gasteiger partial charge on any atom is 0.158 e. The summed E-state index contributed by atoms with van der Waals surface area (Å²) < 4.78 is 22.6. The second kappa shape index (κ2) is 7.49. The highest BCUT2D eigenvalue weighted by Gasteiger charge is 2.29. The summed E-state index contributed by atoms with van der Waals surface area (Å²) in [7, 11) is 3.31. The molecule has 1 aliphatic heterocycles. The van der Waals surface area contributed by atoms with Crippen LogP contribution in [0.1, 0.15) is 23.7 Å². The number of hydrogen-bond acceptors (Lipinski definition) is 4. The zero-order chi connectivity index (χ0) is 16.1. The van der Waals surface area contributed by atoms with Crippen molar-refractivity contribution in [2.45, 2.75) is 25.2 Å². The van der Waals surface area contributed by atoms with Crippen molar-refractivity contribution >= 4 is 0 Å². The lowest BCUT2D eigenvalue weighted by molar-refractivity contribution is -0.0623. The van der Waals surface area contributed by atoms with E-state index in [1.54, 1.807) is 14.2 Å². The van der Waals surface area contributed by atoms with Crippen molar-refractivity contribution in [2.75, 3.05) is 20.8 Å². The van der Waals surface area contributed by atoms with Crippen LogP contribution >= 0.6 is 0 Å². The number of ether oxygens (including phenoxy) is 4. The molecule has 2 unspecified atom stereocenters. The Labute approximate surface area is 136 Å². The third-order valence-electron chi connectivity index (χ3n) is 4.04. The zero-order valence-corrected chi connectivity index (χ0v) is 13.5. The van der Waals surface area contributed by atoms with Crippen LogP contribution in [0.25, 0.3) is 0 Å². The van der Waals surface area contributed by atoms with Crippen LogP contribution < -0.4 is 9.47 Å². The molecule has 4 nitrogen and oxygen atoms in total. The molecule has 0 aliphatic carbocycles. The molecule has 0 radical (unpaired) electrons. The van der Waals surface area contributed by atoms with Gasteiger partial charge in [0, 0.05) is 12.0 Å². The molecule has 1 aliphatic rings. The molecule has 23 heavy (non-hydrogen) atoms. The Balaban J connectivity index is 1.63. The lowest BCUT2D eigenvalue weighted by atomic mass is 10.1. The van der Waals surface area contributed by atoms with Crippen LogP contribution in [0.3, 0.4) is 0 Å². The van der Waals surface area contributed by atoms with Gasteiger partial charge in [-0.15, -0.1) is 0 Å². The zero-order valence-electron chi connectivity index (χ0n) is 13.5. The normalized spacial score (nSPS) is 20.4. The fourth-order valence-corrected chi connectivity index (χ4v) is 2.79. The SMILES string of the molecule is COc1ccc(OC)c(C2COC(CCc3ccccc3)O2)c1. The van der Waals surface area contributed by atoms with Gasteiger partial charge in [0.05, 0.1) is 20.8 Å². The maximum atomic E-state index is 6.05. The quantitative estimate of drug-likeness (QED) is 0.814. The summed E-state index contributed by atoms with van der Waals surface area (Å²) in [5.41, 5.74) is 2.26. The molecular formula is C19H22O4. The Bertz CT molecular complexity index is 627. The third kappa shape index (κ3) is 3.84. The number of methoxy groups -OCH3 is 2. The standard InChI is InChI=1S/C19H22O4/c1-20-15-9-10-17(21-2)16(12-15)18-13-22-19(23-18)11-8-14-6-4-3-5-7-14/h3-7,9-10,12,18-19H,8,11,13H2,1-2H3. The number of aryl methyl sites for hydroxylation is 1. The molecule has 2 aromatic rings. The minimum atomic E-state index is -0.184. The van der Waals surface area contributed by atoms with Crippen LogP contribution in [-0.4, -0.2) is 27.1 Å². The number of benzene rings is 2. The topological polar surface area (TPSA) is 36.9 Å². The van der Waals surface area contributed by atoms with E-state index in [-0.39, 0.29) is 12.4 Å². The van der Waals surface area contributed by atoms with Gasteiger partial charge in [-0.1, -0.05) is 30.3 Å². The maximum absolute atomic E-state index is 6.05. The lowest BCUT2D eigenvalue weighted by Gasteiger charge is -2.15. The second-order valence-electron chi connectivity index (χ2n) is 5.52. The lowest BCUT2D eigenvalue weighted by Crippen LogP contribution is -2.10. The Morgan fingerprint density at radius 3 is 2.61 bits per heavy atom. The molecule has 0 amide bonds. The minimum Gasteiger partial charge on any atom is -0.497 e. The van der Waals surface area contributed by atoms with Crippen LogP contribution in [-0.2, 0) is 15.9 Å². The minimum absolute atomic E-state index is 0.124. The van der Waals surface area contributed by atoms with E-state index in [0.717, 1.165) is 29.9 Å². The van der Waals surface area contributed by atoms with Gasteiger partial charge < -0.3 is 18.9 Å². The van der Waals surface area contributed by atoms with Gasteiger partial charge in [-0.05, 0) is 30.2 Å². The van der Waals surface area contributed by atoms with E-state index in [9.17, 15) is 0 Å². The summed E-state index contributed by atoms with van der Waals surface area (Å²) in [5, 5.41) is 0. The van der Waals surface area contributed by atoms with Gasteiger partial charge >= 0.3 is 0 Å². The van der Waals surface area contributed by atoms with Crippen molar-refractivity contribution in [3.8, 4) is 11.5 Å². The molecule has 122 valence electrons. The van der Waals surface area contributed by atoms with Gasteiger partial charge in [0.2, 0.25) is 0 Å². The van der Waals surface area contributed by atoms with E-state index < -0.39 is 0 Å². The molecule has 2 atom stereocenters. The predicted octanol–water partition coefficient (Wildman–Crippen LogP) is 3.75. The fraction of sp³-hybridized carbons (Fsp3) is 0.368. The molecule has 0 aromatic heterocycles. The van der Waals surface area contributed by atoms with Gasteiger partial charge in [0.15, 0.2) is 6.29 Å². The highest BCUT2D eigenvalue weighted by atomic mass is 16.7. The smallest absolute Gasteiger partial charge is 0.158 e. The first-order chi connectivity index (χ1) is 11.3. The molecule has 1 heterocycles. The van der Waals surface area contributed by atoms with Crippen LogP contribution in [0.15, 0.2) is 48.5 Å². The van der Waals surface area contributed by atoms with Gasteiger partial charge in [-0.25, -0.2) is 0 Å². The summed E-state index contributed by atoms with van der Waals surface area (Å²) in [6, 6.07) is 16.1. The van der Waals surface area contributed by atoms with Crippen LogP contribution in [0, 0.1) is 0 Å². The highest BCUT2D eigenvalue weighted by molar-refractivity contribution is 5.42. The Morgan fingerprint density at radius 1 is 1.04 bits per heavy atom. The molecule has 2 aromatic carbocycles. The van der Waals surface area contributed by atoms with E-state index in [2.05, 4.69) is 24.3 Å². The molecule has 0 spiro atoms. The van der Waals surface area contributed by atoms with Crippen LogP contribution in [0.5, 0.6) is 11.5 Å². The second-order valence-corrected chi connectivity index (χ2v) is 5.52. The van der Waals surface area contributed by atoms with E-state index in [1.807, 2.05) is 24.3 Å². The van der Waals surface area contributed by atoms with Crippen molar-refractivity contribution < 1.29 is 18.9 Å². The Kier molecular flexibility index (Phi) is 5.16. The molecule has 4 heteroatoms. The molecule has 0 saturated carbocycles. The van der Waals surface area contributed by atoms with Gasteiger partial charge in [0.25, 0.3) is 0 Å². The van der Waals surface area contributed by atoms with Gasteiger partial charge in [-0.2, -0.15) is 0 Å². The molecule has 3 rings (SSSR count). The van der Waals surface area contributed by atoms with Gasteiger partial charge in [-0.3, -0.25) is 0 Å². The van der Waals surface area contributed by atoms with Crippen molar-refractivity contribution in [1.29, 1.82) is 0 Å². The number of rotatable bonds is 6. The van der Waals surface area contributed by atoms with Crippen molar-refractivity contribution in [2.24, 2.45) is 0 Å². The largest absolute Gasteiger partial charge is 0.497 e. The first-order valence-corrected chi connectivity index (χ1v) is 7.83. The summed E-state index contributed by atoms with van der Waals surface area (Å²) in [4.78, 5) is 0. The molecule has 1 saturated heterocycles. The van der Waals surface area contributed by atoms with Crippen LogP contribution in [0.4, 0.5) is 0 Å². The van der Waals surface area contributed by atoms with E-state index in [0.29, 0.717) is 6.61 Å². The number of hydrogen-bond donors (Lipinski definition) is 0. The van der Waals surface area contributed by atoms with Crippen LogP contribution in [0.2, 0.25) is 0 Å². The predicted molar refractivity (Wildman–Crippen MR) is 87.9 cm³/mol. The van der Waals surface area contributed by atoms with E-state index >= 15 is 0 Å². The molecule has 0 bridgehead atoms. The van der Waals surface area contributed by atoms with Gasteiger partial charge in [0.1, 0.15) is 17.6 Å². The highest BCUT2D eigenvalue weighted by Crippen LogP contribution is 2.36. The van der Waals surface area contributed by atoms with E-state index in [1.165, 1.54) is 5.56 Å².